The molecule has 0 aliphatic heterocycles. The number of carbonyl (C=O) groups is 2. The van der Waals surface area contributed by atoms with Crippen LogP contribution in [0.1, 0.15) is 91.2 Å². The number of ketones is 2. The van der Waals surface area contributed by atoms with Crippen LogP contribution in [0.4, 0.5) is 0 Å². The fourth-order valence-electron chi connectivity index (χ4n) is 4.50. The van der Waals surface area contributed by atoms with E-state index in [0.717, 1.165) is 38.5 Å². The Bertz CT molecular complexity index is 1380. The Hall–Kier alpha value is -4.56. The second-order valence-corrected chi connectivity index (χ2v) is 13.1. The summed E-state index contributed by atoms with van der Waals surface area (Å²) in [4.78, 5) is 25.0. The maximum Gasteiger partial charge on any atom is 0.178 e. The van der Waals surface area contributed by atoms with E-state index in [4.69, 9.17) is 18.9 Å². The number of hydrogen-bond donors (Lipinski definition) is 0. The normalized spacial score (nSPS) is 12.1. The molecule has 0 aliphatic rings. The first-order chi connectivity index (χ1) is 21.7. The third-order valence-electron chi connectivity index (χ3n) is 7.14. The van der Waals surface area contributed by atoms with E-state index in [2.05, 4.69) is 0 Å². The molecule has 8 heteroatoms. The van der Waals surface area contributed by atoms with Crippen molar-refractivity contribution >= 4 is 23.7 Å². The molecule has 246 valence electrons. The Labute approximate surface area is 274 Å². The van der Waals surface area contributed by atoms with E-state index in [1.807, 2.05) is 24.3 Å². The first kappa shape index (κ1) is 37.6. The third-order valence-corrected chi connectivity index (χ3v) is 7.14. The Morgan fingerprint density at radius 3 is 1.26 bits per heavy atom. The summed E-state index contributed by atoms with van der Waals surface area (Å²) in [5, 5.41) is 18.9. The average molecular weight is 629 g/mol. The van der Waals surface area contributed by atoms with Crippen LogP contribution >= 0.6 is 0 Å². The van der Waals surface area contributed by atoms with Crippen molar-refractivity contribution in [2.75, 3.05) is 27.4 Å². The molecule has 0 radical (unpaired) electrons. The van der Waals surface area contributed by atoms with Gasteiger partial charge >= 0.3 is 0 Å². The van der Waals surface area contributed by atoms with Crippen molar-refractivity contribution in [3.63, 3.8) is 0 Å². The second-order valence-electron chi connectivity index (χ2n) is 13.1. The van der Waals surface area contributed by atoms with E-state index < -0.39 is 10.8 Å². The lowest BCUT2D eigenvalue weighted by molar-refractivity contribution is -0.122. The van der Waals surface area contributed by atoms with Crippen molar-refractivity contribution in [1.82, 2.24) is 0 Å². The van der Waals surface area contributed by atoms with Gasteiger partial charge in [-0.05, 0) is 60.4 Å². The van der Waals surface area contributed by atoms with Gasteiger partial charge in [0.2, 0.25) is 0 Å². The van der Waals surface area contributed by atoms with Crippen LogP contribution in [0.25, 0.3) is 12.2 Å². The van der Waals surface area contributed by atoms with Crippen LogP contribution in [-0.2, 0) is 9.59 Å². The summed E-state index contributed by atoms with van der Waals surface area (Å²) in [6.07, 6.45) is 9.23. The lowest BCUT2D eigenvalue weighted by Crippen LogP contribution is -2.21. The number of Topliss-reactive ketones (excluding diaryl/α,β-unsaturated/α-hetero) is 2. The minimum atomic E-state index is -0.635. The molecular weight excluding hydrogens is 580 g/mol. The molecule has 0 amide bonds. The Morgan fingerprint density at radius 2 is 0.957 bits per heavy atom. The zero-order chi connectivity index (χ0) is 34.3. The Kier molecular flexibility index (Phi) is 14.6. The highest BCUT2D eigenvalue weighted by Crippen LogP contribution is 2.31. The first-order valence-corrected chi connectivity index (χ1v) is 15.7. The van der Waals surface area contributed by atoms with Crippen molar-refractivity contribution in [2.45, 2.75) is 80.1 Å². The van der Waals surface area contributed by atoms with Gasteiger partial charge in [0.25, 0.3) is 0 Å². The predicted molar refractivity (Wildman–Crippen MR) is 181 cm³/mol. The van der Waals surface area contributed by atoms with Crippen molar-refractivity contribution in [1.29, 1.82) is 10.5 Å². The average Bonchev–Trinajstić information content (AvgIpc) is 3.02. The van der Waals surface area contributed by atoms with Crippen LogP contribution in [0.15, 0.2) is 47.5 Å². The number of carbonyl (C=O) groups excluding carboxylic acids is 2. The molecule has 2 aromatic rings. The van der Waals surface area contributed by atoms with E-state index in [-0.39, 0.29) is 22.7 Å². The molecule has 0 saturated heterocycles. The van der Waals surface area contributed by atoms with Gasteiger partial charge in [-0.3, -0.25) is 9.59 Å². The smallest absolute Gasteiger partial charge is 0.178 e. The molecule has 0 N–H and O–H groups in total. The standard InChI is InChI=1S/C38H48N2O6/c1-37(2,3)35(41)29(25-39)21-27-15-17-31(33(23-27)43-7)45-19-13-11-9-10-12-14-20-46-32-18-16-28(24-34(32)44-8)22-30(26-40)36(42)38(4,5)6/h15-18,21-24H,9-14,19-20H2,1-8H3. The molecule has 0 saturated carbocycles. The topological polar surface area (TPSA) is 119 Å². The van der Waals surface area contributed by atoms with Gasteiger partial charge in [0.15, 0.2) is 34.6 Å². The van der Waals surface area contributed by atoms with Gasteiger partial charge in [-0.25, -0.2) is 0 Å². The highest BCUT2D eigenvalue weighted by Gasteiger charge is 2.26. The van der Waals surface area contributed by atoms with Crippen molar-refractivity contribution < 1.29 is 28.5 Å². The molecular formula is C38H48N2O6. The van der Waals surface area contributed by atoms with Gasteiger partial charge in [-0.1, -0.05) is 79.4 Å². The van der Waals surface area contributed by atoms with E-state index in [1.54, 1.807) is 92.2 Å². The summed E-state index contributed by atoms with van der Waals surface area (Å²) in [6.45, 7) is 11.9. The summed E-state index contributed by atoms with van der Waals surface area (Å²) in [7, 11) is 3.13. The summed E-state index contributed by atoms with van der Waals surface area (Å²) < 4.78 is 22.9. The monoisotopic (exact) mass is 628 g/mol. The molecule has 2 rings (SSSR count). The van der Waals surface area contributed by atoms with Crippen LogP contribution in [0.3, 0.4) is 0 Å². The largest absolute Gasteiger partial charge is 0.493 e. The number of hydrogen-bond acceptors (Lipinski definition) is 8. The van der Waals surface area contributed by atoms with Gasteiger partial charge in [0, 0.05) is 10.8 Å². The molecule has 46 heavy (non-hydrogen) atoms. The second kappa shape index (κ2) is 17.8. The summed E-state index contributed by atoms with van der Waals surface area (Å²) in [5.74, 6) is 1.95. The molecule has 0 spiro atoms. The maximum atomic E-state index is 12.5. The Balaban J connectivity index is 1.75. The highest BCUT2D eigenvalue weighted by atomic mass is 16.5. The lowest BCUT2D eigenvalue weighted by atomic mass is 9.86. The molecule has 0 unspecified atom stereocenters. The molecule has 0 bridgehead atoms. The van der Waals surface area contributed by atoms with E-state index in [1.165, 1.54) is 0 Å². The number of rotatable bonds is 17. The minimum Gasteiger partial charge on any atom is -0.493 e. The minimum absolute atomic E-state index is 0.110. The Morgan fingerprint density at radius 1 is 0.609 bits per heavy atom. The number of unbranched alkanes of at least 4 members (excludes halogenated alkanes) is 5. The molecule has 0 atom stereocenters. The number of methoxy groups -OCH3 is 2. The molecule has 0 fully saturated rings. The highest BCUT2D eigenvalue weighted by molar-refractivity contribution is 6.06. The van der Waals surface area contributed by atoms with Crippen LogP contribution in [-0.4, -0.2) is 39.0 Å². The summed E-state index contributed by atoms with van der Waals surface area (Å²) in [5.41, 5.74) is 0.355. The first-order valence-electron chi connectivity index (χ1n) is 15.7. The van der Waals surface area contributed by atoms with Crippen LogP contribution in [0.2, 0.25) is 0 Å². The SMILES string of the molecule is COc1cc(C=C(C#N)C(=O)C(C)(C)C)ccc1OCCCCCCCCOc1ccc(C=C(C#N)C(=O)C(C)(C)C)cc1OC. The lowest BCUT2D eigenvalue weighted by Gasteiger charge is -2.16. The predicted octanol–water partition coefficient (Wildman–Crippen LogP) is 8.55. The number of nitriles is 2. The summed E-state index contributed by atoms with van der Waals surface area (Å²) >= 11 is 0. The van der Waals surface area contributed by atoms with E-state index in [0.29, 0.717) is 47.3 Å². The van der Waals surface area contributed by atoms with Crippen LogP contribution < -0.4 is 18.9 Å². The molecule has 0 aliphatic carbocycles. The fourth-order valence-corrected chi connectivity index (χ4v) is 4.50. The van der Waals surface area contributed by atoms with Crippen molar-refractivity contribution in [2.24, 2.45) is 10.8 Å². The molecule has 2 aromatic carbocycles. The molecule has 0 heterocycles. The summed E-state index contributed by atoms with van der Waals surface area (Å²) in [6, 6.07) is 14.8. The van der Waals surface area contributed by atoms with E-state index in [9.17, 15) is 20.1 Å². The van der Waals surface area contributed by atoms with Gasteiger partial charge in [0.1, 0.15) is 12.1 Å². The molecule has 8 nitrogen and oxygen atoms in total. The zero-order valence-electron chi connectivity index (χ0n) is 28.6. The van der Waals surface area contributed by atoms with Gasteiger partial charge in [-0.2, -0.15) is 10.5 Å². The van der Waals surface area contributed by atoms with Crippen molar-refractivity contribution in [3.05, 3.63) is 58.7 Å². The number of nitrogens with zero attached hydrogens (tertiary/aromatic N) is 2. The number of allylic oxidation sites excluding steroid dienone is 2. The van der Waals surface area contributed by atoms with E-state index >= 15 is 0 Å². The molecule has 0 aromatic heterocycles. The number of benzene rings is 2. The maximum absolute atomic E-state index is 12.5. The van der Waals surface area contributed by atoms with Crippen LogP contribution in [0, 0.1) is 33.5 Å². The quantitative estimate of drug-likeness (QED) is 0.0971. The zero-order valence-corrected chi connectivity index (χ0v) is 28.6. The van der Waals surface area contributed by atoms with Crippen molar-refractivity contribution in [3.8, 4) is 35.1 Å². The third kappa shape index (κ3) is 11.7. The van der Waals surface area contributed by atoms with Gasteiger partial charge in [0.05, 0.1) is 38.6 Å². The van der Waals surface area contributed by atoms with Crippen LogP contribution in [0.5, 0.6) is 23.0 Å². The van der Waals surface area contributed by atoms with Gasteiger partial charge in [-0.15, -0.1) is 0 Å². The fraction of sp³-hybridized carbons (Fsp3) is 0.474. The van der Waals surface area contributed by atoms with Gasteiger partial charge < -0.3 is 18.9 Å². The number of ether oxygens (including phenoxy) is 4.